The molecule has 4 N–H and O–H groups in total. The molecule has 0 amide bonds. The Morgan fingerprint density at radius 3 is 0.930 bits per heavy atom. The van der Waals surface area contributed by atoms with Crippen molar-refractivity contribution in [3.05, 3.63) is 0 Å². The smallest absolute Gasteiger partial charge is 0.316 e. The van der Waals surface area contributed by atoms with E-state index in [1.807, 2.05) is 13.8 Å². The van der Waals surface area contributed by atoms with Crippen LogP contribution in [0.3, 0.4) is 0 Å². The zero-order chi connectivity index (χ0) is 33.4. The first kappa shape index (κ1) is 47.4. The van der Waals surface area contributed by atoms with Gasteiger partial charge in [-0.3, -0.25) is 4.52 Å². The molecule has 0 rings (SSSR count). The first-order valence-electron chi connectivity index (χ1n) is 18.6. The minimum atomic E-state index is -4.22. The van der Waals surface area contributed by atoms with Gasteiger partial charge in [0.25, 0.3) is 0 Å². The Morgan fingerprint density at radius 1 is 0.535 bits per heavy atom. The normalized spacial score (nSPS) is 14.3. The molecule has 0 radical (unpaired) electrons. The highest BCUT2D eigenvalue weighted by Gasteiger charge is 2.13. The van der Waals surface area contributed by atoms with Crippen LogP contribution < -0.4 is 10.6 Å². The SMILES string of the molecule is CC(C)COP(=O)(O)O.CCCCC(CC)CNCC(CC)CCCC.CCCCC(CC)CNCC(CC)CCCC. The molecule has 0 heterocycles. The Kier molecular flexibility index (Phi) is 38.5. The van der Waals surface area contributed by atoms with Crippen LogP contribution in [0.4, 0.5) is 0 Å². The standard InChI is InChI=1S/2C16H35N.C4H11O4P/c2*1-5-9-11-15(7-3)13-17-14-16(8-4)12-10-6-2;1-4(2)3-8-9(5,6)7/h2*15-17H,5-14H2,1-4H3;4H,3H2,1-2H3,(H2,5,6,7). The molecule has 0 aromatic carbocycles. The molecule has 264 valence electrons. The van der Waals surface area contributed by atoms with Crippen LogP contribution in [0.15, 0.2) is 0 Å². The summed E-state index contributed by atoms with van der Waals surface area (Å²) in [7, 11) is -4.22. The summed E-state index contributed by atoms with van der Waals surface area (Å²) in [4.78, 5) is 16.3. The molecule has 4 atom stereocenters. The van der Waals surface area contributed by atoms with Gasteiger partial charge in [-0.1, -0.05) is 146 Å². The lowest BCUT2D eigenvalue weighted by molar-refractivity contribution is 0.177. The average Bonchev–Trinajstić information content (AvgIpc) is 2.99. The largest absolute Gasteiger partial charge is 0.469 e. The molecule has 6 nitrogen and oxygen atoms in total. The molecular weight excluding hydrogens is 555 g/mol. The molecule has 0 aromatic rings. The second kappa shape index (κ2) is 34.9. The summed E-state index contributed by atoms with van der Waals surface area (Å²) in [6.45, 7) is 27.2. The van der Waals surface area contributed by atoms with Crippen LogP contribution in [0.5, 0.6) is 0 Å². The second-order valence-electron chi connectivity index (χ2n) is 13.2. The number of rotatable bonds is 27. The van der Waals surface area contributed by atoms with E-state index in [1.54, 1.807) is 0 Å². The predicted octanol–water partition coefficient (Wildman–Crippen LogP) is 10.8. The third kappa shape index (κ3) is 38.1. The molecule has 43 heavy (non-hydrogen) atoms. The van der Waals surface area contributed by atoms with Crippen molar-refractivity contribution in [2.75, 3.05) is 32.8 Å². The van der Waals surface area contributed by atoms with Gasteiger partial charge < -0.3 is 20.4 Å². The number of phosphoric acid groups is 1. The summed E-state index contributed by atoms with van der Waals surface area (Å²) in [5, 5.41) is 7.41. The predicted molar refractivity (Wildman–Crippen MR) is 192 cm³/mol. The molecule has 0 aliphatic rings. The molecule has 0 bridgehead atoms. The Labute approximate surface area is 271 Å². The third-order valence-corrected chi connectivity index (χ3v) is 8.97. The van der Waals surface area contributed by atoms with E-state index in [4.69, 9.17) is 9.79 Å². The zero-order valence-electron chi connectivity index (χ0n) is 30.9. The highest BCUT2D eigenvalue weighted by molar-refractivity contribution is 7.46. The summed E-state index contributed by atoms with van der Waals surface area (Å²) in [5.41, 5.74) is 0. The summed E-state index contributed by atoms with van der Waals surface area (Å²) < 4.78 is 14.2. The Morgan fingerprint density at radius 2 is 0.791 bits per heavy atom. The minimum absolute atomic E-state index is 0.101. The summed E-state index contributed by atoms with van der Waals surface area (Å²) >= 11 is 0. The van der Waals surface area contributed by atoms with Gasteiger partial charge in [-0.25, -0.2) is 4.57 Å². The number of nitrogens with one attached hydrogen (secondary N) is 2. The van der Waals surface area contributed by atoms with Crippen molar-refractivity contribution in [2.24, 2.45) is 29.6 Å². The van der Waals surface area contributed by atoms with Crippen molar-refractivity contribution in [3.8, 4) is 0 Å². The van der Waals surface area contributed by atoms with E-state index in [9.17, 15) is 4.57 Å². The molecular formula is C36H81N2O4P. The first-order valence-corrected chi connectivity index (χ1v) is 20.1. The summed E-state index contributed by atoms with van der Waals surface area (Å²) in [6.07, 6.45) is 21.9. The fraction of sp³-hybridized carbons (Fsp3) is 1.00. The molecule has 7 heteroatoms. The van der Waals surface area contributed by atoms with Crippen molar-refractivity contribution in [2.45, 2.75) is 172 Å². The Hall–Kier alpha value is 0.0300. The zero-order valence-corrected chi connectivity index (χ0v) is 31.8. The maximum atomic E-state index is 10.0. The monoisotopic (exact) mass is 637 g/mol. The third-order valence-electron chi connectivity index (χ3n) is 8.48. The molecule has 0 aromatic heterocycles. The maximum absolute atomic E-state index is 10.0. The van der Waals surface area contributed by atoms with Gasteiger partial charge in [0.2, 0.25) is 0 Å². The lowest BCUT2D eigenvalue weighted by Gasteiger charge is -2.19. The van der Waals surface area contributed by atoms with Crippen molar-refractivity contribution in [1.82, 2.24) is 10.6 Å². The van der Waals surface area contributed by atoms with E-state index >= 15 is 0 Å². The molecule has 0 saturated heterocycles. The maximum Gasteiger partial charge on any atom is 0.469 e. The molecule has 4 unspecified atom stereocenters. The molecule has 0 spiro atoms. The van der Waals surface area contributed by atoms with Crippen LogP contribution in [0, 0.1) is 29.6 Å². The highest BCUT2D eigenvalue weighted by Crippen LogP contribution is 2.36. The summed E-state index contributed by atoms with van der Waals surface area (Å²) in [5.74, 6) is 3.76. The van der Waals surface area contributed by atoms with Crippen molar-refractivity contribution >= 4 is 7.82 Å². The molecule has 0 aliphatic carbocycles. The van der Waals surface area contributed by atoms with Gasteiger partial charge in [-0.15, -0.1) is 0 Å². The fourth-order valence-electron chi connectivity index (χ4n) is 5.00. The average molecular weight is 637 g/mol. The van der Waals surface area contributed by atoms with E-state index in [1.165, 1.54) is 129 Å². The Balaban J connectivity index is -0.000000586. The van der Waals surface area contributed by atoms with Crippen molar-refractivity contribution < 1.29 is 18.9 Å². The van der Waals surface area contributed by atoms with Crippen molar-refractivity contribution in [1.29, 1.82) is 0 Å². The fourth-order valence-corrected chi connectivity index (χ4v) is 5.49. The highest BCUT2D eigenvalue weighted by atomic mass is 31.2. The van der Waals surface area contributed by atoms with Crippen LogP contribution in [-0.4, -0.2) is 42.6 Å². The van der Waals surface area contributed by atoms with E-state index in [-0.39, 0.29) is 12.5 Å². The molecule has 0 saturated carbocycles. The van der Waals surface area contributed by atoms with Gasteiger partial charge in [-0.05, 0) is 81.5 Å². The van der Waals surface area contributed by atoms with Gasteiger partial charge in [0, 0.05) is 0 Å². The van der Waals surface area contributed by atoms with Crippen LogP contribution >= 0.6 is 7.82 Å². The lowest BCUT2D eigenvalue weighted by Crippen LogP contribution is -2.28. The van der Waals surface area contributed by atoms with Crippen LogP contribution in [0.1, 0.15) is 172 Å². The first-order chi connectivity index (χ1) is 20.5. The van der Waals surface area contributed by atoms with Gasteiger partial charge in [0.05, 0.1) is 6.61 Å². The van der Waals surface area contributed by atoms with Gasteiger partial charge in [-0.2, -0.15) is 0 Å². The second-order valence-corrected chi connectivity index (χ2v) is 14.4. The van der Waals surface area contributed by atoms with E-state index in [2.05, 4.69) is 70.5 Å². The van der Waals surface area contributed by atoms with Crippen LogP contribution in [0.25, 0.3) is 0 Å². The topological polar surface area (TPSA) is 90.8 Å². The number of hydrogen-bond donors (Lipinski definition) is 4. The van der Waals surface area contributed by atoms with Crippen LogP contribution in [0.2, 0.25) is 0 Å². The van der Waals surface area contributed by atoms with Gasteiger partial charge in [0.1, 0.15) is 0 Å². The summed E-state index contributed by atoms with van der Waals surface area (Å²) in [6, 6.07) is 0. The Bertz CT molecular complexity index is 507. The van der Waals surface area contributed by atoms with Gasteiger partial charge in [0.15, 0.2) is 0 Å². The van der Waals surface area contributed by atoms with E-state index < -0.39 is 7.82 Å². The van der Waals surface area contributed by atoms with E-state index in [0.717, 1.165) is 23.7 Å². The van der Waals surface area contributed by atoms with Crippen LogP contribution in [-0.2, 0) is 9.09 Å². The molecule has 0 aliphatic heterocycles. The number of hydrogen-bond acceptors (Lipinski definition) is 4. The van der Waals surface area contributed by atoms with Gasteiger partial charge >= 0.3 is 7.82 Å². The molecule has 0 fully saturated rings. The van der Waals surface area contributed by atoms with Crippen molar-refractivity contribution in [3.63, 3.8) is 0 Å². The number of phosphoric ester groups is 1. The number of unbranched alkanes of at least 4 members (excludes halogenated alkanes) is 4. The lowest BCUT2D eigenvalue weighted by atomic mass is 9.97. The minimum Gasteiger partial charge on any atom is -0.316 e. The quantitative estimate of drug-likeness (QED) is 0.0671. The van der Waals surface area contributed by atoms with E-state index in [0.29, 0.717) is 0 Å².